The second-order valence-electron chi connectivity index (χ2n) is 5.81. The molecule has 1 heterocycles. The van der Waals surface area contributed by atoms with Gasteiger partial charge in [-0.15, -0.1) is 6.42 Å². The first kappa shape index (κ1) is 18.2. The standard InChI is InChI=1S/C19H28N4O/c1-4-11-21-19(20-5-2)22-15-18(23-12-6-7-13-23)16-9-8-10-17(14-16)24-3/h1,8-10,14,18H,5-7,11-13,15H2,2-3H3,(H2,20,21,22). The molecular formula is C19H28N4O. The summed E-state index contributed by atoms with van der Waals surface area (Å²) in [5.41, 5.74) is 1.24. The smallest absolute Gasteiger partial charge is 0.192 e. The van der Waals surface area contributed by atoms with E-state index in [0.29, 0.717) is 13.1 Å². The maximum atomic E-state index is 5.38. The highest BCUT2D eigenvalue weighted by molar-refractivity contribution is 5.80. The van der Waals surface area contributed by atoms with Crippen LogP contribution < -0.4 is 15.4 Å². The van der Waals surface area contributed by atoms with Gasteiger partial charge in [0.15, 0.2) is 5.96 Å². The zero-order chi connectivity index (χ0) is 17.2. The minimum Gasteiger partial charge on any atom is -0.497 e. The molecule has 1 aliphatic heterocycles. The number of benzene rings is 1. The van der Waals surface area contributed by atoms with Crippen molar-refractivity contribution in [3.8, 4) is 18.1 Å². The Balaban J connectivity index is 2.17. The van der Waals surface area contributed by atoms with Gasteiger partial charge in [-0.25, -0.2) is 0 Å². The molecule has 1 aromatic rings. The number of aliphatic imine (C=N–C) groups is 1. The largest absolute Gasteiger partial charge is 0.497 e. The van der Waals surface area contributed by atoms with Gasteiger partial charge in [0.1, 0.15) is 5.75 Å². The molecule has 0 radical (unpaired) electrons. The van der Waals surface area contributed by atoms with Crippen LogP contribution in [-0.2, 0) is 0 Å². The van der Waals surface area contributed by atoms with Crippen LogP contribution in [0.25, 0.3) is 0 Å². The third kappa shape index (κ3) is 5.17. The van der Waals surface area contributed by atoms with E-state index in [0.717, 1.165) is 31.3 Å². The molecule has 2 rings (SSSR count). The summed E-state index contributed by atoms with van der Waals surface area (Å²) in [5, 5.41) is 6.39. The first-order valence-electron chi connectivity index (χ1n) is 8.62. The van der Waals surface area contributed by atoms with Crippen molar-refractivity contribution in [3.63, 3.8) is 0 Å². The molecule has 1 fully saturated rings. The molecule has 130 valence electrons. The lowest BCUT2D eigenvalue weighted by molar-refractivity contribution is 0.251. The van der Waals surface area contributed by atoms with Gasteiger partial charge < -0.3 is 15.4 Å². The summed E-state index contributed by atoms with van der Waals surface area (Å²) in [6.07, 6.45) is 7.83. The molecule has 1 atom stereocenters. The molecule has 2 N–H and O–H groups in total. The number of nitrogens with zero attached hydrogens (tertiary/aromatic N) is 2. The third-order valence-electron chi connectivity index (χ3n) is 4.18. The van der Waals surface area contributed by atoms with Crippen LogP contribution in [-0.4, -0.2) is 50.7 Å². The molecule has 0 bridgehead atoms. The Kier molecular flexibility index (Phi) is 7.44. The van der Waals surface area contributed by atoms with Crippen molar-refractivity contribution in [1.82, 2.24) is 15.5 Å². The number of hydrogen-bond donors (Lipinski definition) is 2. The fourth-order valence-electron chi connectivity index (χ4n) is 2.99. The van der Waals surface area contributed by atoms with E-state index in [2.05, 4.69) is 33.6 Å². The third-order valence-corrected chi connectivity index (χ3v) is 4.18. The number of hydrogen-bond acceptors (Lipinski definition) is 3. The van der Waals surface area contributed by atoms with Gasteiger partial charge in [-0.3, -0.25) is 9.89 Å². The van der Waals surface area contributed by atoms with Gasteiger partial charge in [0.25, 0.3) is 0 Å². The molecule has 5 heteroatoms. The van der Waals surface area contributed by atoms with Crippen LogP contribution in [0.15, 0.2) is 29.3 Å². The summed E-state index contributed by atoms with van der Waals surface area (Å²) in [6, 6.07) is 8.54. The molecular weight excluding hydrogens is 300 g/mol. The number of likely N-dealkylation sites (tertiary alicyclic amines) is 1. The molecule has 0 amide bonds. The van der Waals surface area contributed by atoms with Crippen LogP contribution in [0.4, 0.5) is 0 Å². The average Bonchev–Trinajstić information content (AvgIpc) is 3.14. The molecule has 5 nitrogen and oxygen atoms in total. The van der Waals surface area contributed by atoms with Crippen LogP contribution in [0.3, 0.4) is 0 Å². The second kappa shape index (κ2) is 9.84. The second-order valence-corrected chi connectivity index (χ2v) is 5.81. The van der Waals surface area contributed by atoms with Crippen molar-refractivity contribution >= 4 is 5.96 Å². The molecule has 0 saturated carbocycles. The average molecular weight is 328 g/mol. The molecule has 0 spiro atoms. The Hall–Kier alpha value is -2.19. The van der Waals surface area contributed by atoms with Gasteiger partial charge in [-0.1, -0.05) is 18.1 Å². The van der Waals surface area contributed by atoms with Crippen molar-refractivity contribution in [3.05, 3.63) is 29.8 Å². The van der Waals surface area contributed by atoms with Gasteiger partial charge in [0.05, 0.1) is 26.2 Å². The van der Waals surface area contributed by atoms with E-state index in [9.17, 15) is 0 Å². The van der Waals surface area contributed by atoms with Gasteiger partial charge in [-0.2, -0.15) is 0 Å². The SMILES string of the molecule is C#CCNC(=NCC(c1cccc(OC)c1)N1CCCC1)NCC. The van der Waals surface area contributed by atoms with Gasteiger partial charge in [0, 0.05) is 6.54 Å². The molecule has 1 saturated heterocycles. The molecule has 0 aromatic heterocycles. The van der Waals surface area contributed by atoms with E-state index in [4.69, 9.17) is 16.2 Å². The van der Waals surface area contributed by atoms with E-state index in [1.165, 1.54) is 18.4 Å². The zero-order valence-corrected chi connectivity index (χ0v) is 14.7. The van der Waals surface area contributed by atoms with E-state index in [1.807, 2.05) is 19.1 Å². The maximum absolute atomic E-state index is 5.38. The predicted octanol–water partition coefficient (Wildman–Crippen LogP) is 2.02. The summed E-state index contributed by atoms with van der Waals surface area (Å²) >= 11 is 0. The molecule has 24 heavy (non-hydrogen) atoms. The summed E-state index contributed by atoms with van der Waals surface area (Å²) in [5.74, 6) is 4.24. The highest BCUT2D eigenvalue weighted by atomic mass is 16.5. The Labute approximate surface area is 145 Å². The monoisotopic (exact) mass is 328 g/mol. The fourth-order valence-corrected chi connectivity index (χ4v) is 2.99. The normalized spacial score (nSPS) is 16.5. The molecule has 0 aliphatic carbocycles. The van der Waals surface area contributed by atoms with Crippen molar-refractivity contribution in [1.29, 1.82) is 0 Å². The Bertz CT molecular complexity index is 573. The Morgan fingerprint density at radius 3 is 2.83 bits per heavy atom. The van der Waals surface area contributed by atoms with Crippen LogP contribution in [0.2, 0.25) is 0 Å². The fraction of sp³-hybridized carbons (Fsp3) is 0.526. The molecule has 1 aromatic carbocycles. The van der Waals surface area contributed by atoms with Gasteiger partial charge in [0.2, 0.25) is 0 Å². The van der Waals surface area contributed by atoms with Crippen molar-refractivity contribution < 1.29 is 4.74 Å². The van der Waals surface area contributed by atoms with Gasteiger partial charge >= 0.3 is 0 Å². The number of guanidine groups is 1. The first-order chi connectivity index (χ1) is 11.8. The van der Waals surface area contributed by atoms with Crippen molar-refractivity contribution in [2.24, 2.45) is 4.99 Å². The number of ether oxygens (including phenoxy) is 1. The van der Waals surface area contributed by atoms with Crippen LogP contribution in [0.5, 0.6) is 5.75 Å². The topological polar surface area (TPSA) is 48.9 Å². The van der Waals surface area contributed by atoms with Gasteiger partial charge in [-0.05, 0) is 50.6 Å². The van der Waals surface area contributed by atoms with Crippen molar-refractivity contribution in [2.75, 3.05) is 39.8 Å². The summed E-state index contributed by atoms with van der Waals surface area (Å²) < 4.78 is 5.38. The molecule has 1 aliphatic rings. The quantitative estimate of drug-likeness (QED) is 0.457. The maximum Gasteiger partial charge on any atom is 0.192 e. The first-order valence-corrected chi connectivity index (χ1v) is 8.62. The van der Waals surface area contributed by atoms with E-state index in [1.54, 1.807) is 7.11 Å². The minimum absolute atomic E-state index is 0.254. The zero-order valence-electron chi connectivity index (χ0n) is 14.7. The number of methoxy groups -OCH3 is 1. The number of nitrogens with one attached hydrogen (secondary N) is 2. The van der Waals surface area contributed by atoms with Crippen LogP contribution in [0.1, 0.15) is 31.4 Å². The van der Waals surface area contributed by atoms with E-state index in [-0.39, 0.29) is 6.04 Å². The van der Waals surface area contributed by atoms with Crippen molar-refractivity contribution in [2.45, 2.75) is 25.8 Å². The van der Waals surface area contributed by atoms with E-state index >= 15 is 0 Å². The summed E-state index contributed by atoms with van der Waals surface area (Å²) in [4.78, 5) is 7.25. The highest BCUT2D eigenvalue weighted by Gasteiger charge is 2.23. The summed E-state index contributed by atoms with van der Waals surface area (Å²) in [6.45, 7) is 6.25. The lowest BCUT2D eigenvalue weighted by Crippen LogP contribution is -2.38. The Morgan fingerprint density at radius 1 is 1.38 bits per heavy atom. The summed E-state index contributed by atoms with van der Waals surface area (Å²) in [7, 11) is 1.70. The Morgan fingerprint density at radius 2 is 2.17 bits per heavy atom. The van der Waals surface area contributed by atoms with Crippen LogP contribution >= 0.6 is 0 Å². The van der Waals surface area contributed by atoms with Crippen LogP contribution in [0, 0.1) is 12.3 Å². The number of terminal acetylenes is 1. The van der Waals surface area contributed by atoms with E-state index < -0.39 is 0 Å². The minimum atomic E-state index is 0.254. The number of rotatable bonds is 7. The predicted molar refractivity (Wildman–Crippen MR) is 99.4 cm³/mol. The molecule has 1 unspecified atom stereocenters. The highest BCUT2D eigenvalue weighted by Crippen LogP contribution is 2.27. The lowest BCUT2D eigenvalue weighted by atomic mass is 10.1. The lowest BCUT2D eigenvalue weighted by Gasteiger charge is -2.27.